The third-order valence-corrected chi connectivity index (χ3v) is 5.47. The Balaban J connectivity index is 1.24. The van der Waals surface area contributed by atoms with Crippen LogP contribution in [0.25, 0.3) is 0 Å². The van der Waals surface area contributed by atoms with Crippen molar-refractivity contribution < 1.29 is 28.2 Å². The van der Waals surface area contributed by atoms with E-state index in [4.69, 9.17) is 25.8 Å². The molecule has 2 aromatic carbocycles. The van der Waals surface area contributed by atoms with Crippen LogP contribution in [0.5, 0.6) is 11.5 Å². The third kappa shape index (κ3) is 5.19. The van der Waals surface area contributed by atoms with Gasteiger partial charge in [0.15, 0.2) is 18.1 Å². The second-order valence-electron chi connectivity index (χ2n) is 7.28. The molecule has 1 amide bonds. The van der Waals surface area contributed by atoms with E-state index in [9.17, 15) is 14.0 Å². The van der Waals surface area contributed by atoms with Gasteiger partial charge < -0.3 is 24.0 Å². The number of fused-ring (bicyclic) bond motifs is 1. The zero-order chi connectivity index (χ0) is 21.8. The SMILES string of the molecule is O=C(Cc1cc(Cl)c2c(c1)OCCO2)OCC(=O)N1CCN(c2ccc(F)cc2)CC1. The average Bonchev–Trinajstić information content (AvgIpc) is 2.78. The van der Waals surface area contributed by atoms with Crippen LogP contribution >= 0.6 is 11.6 Å². The van der Waals surface area contributed by atoms with Crippen LogP contribution in [-0.2, 0) is 20.7 Å². The molecule has 164 valence electrons. The first-order valence-electron chi connectivity index (χ1n) is 10.0. The van der Waals surface area contributed by atoms with Crippen LogP contribution in [0.1, 0.15) is 5.56 Å². The lowest BCUT2D eigenvalue weighted by atomic mass is 10.1. The molecule has 4 rings (SSSR count). The van der Waals surface area contributed by atoms with Gasteiger partial charge in [-0.15, -0.1) is 0 Å². The highest BCUT2D eigenvalue weighted by atomic mass is 35.5. The van der Waals surface area contributed by atoms with Gasteiger partial charge in [-0.3, -0.25) is 9.59 Å². The molecule has 0 bridgehead atoms. The summed E-state index contributed by atoms with van der Waals surface area (Å²) < 4.78 is 29.2. The van der Waals surface area contributed by atoms with Crippen LogP contribution in [0.2, 0.25) is 5.02 Å². The van der Waals surface area contributed by atoms with Crippen LogP contribution in [0.3, 0.4) is 0 Å². The number of halogens is 2. The first kappa shape index (κ1) is 21.2. The van der Waals surface area contributed by atoms with Crippen molar-refractivity contribution in [3.05, 3.63) is 52.8 Å². The fraction of sp³-hybridized carbons (Fsp3) is 0.364. The summed E-state index contributed by atoms with van der Waals surface area (Å²) in [6.07, 6.45) is -0.0258. The van der Waals surface area contributed by atoms with Crippen molar-refractivity contribution in [3.8, 4) is 11.5 Å². The molecule has 0 N–H and O–H groups in total. The lowest BCUT2D eigenvalue weighted by molar-refractivity contribution is -0.151. The molecule has 0 saturated carbocycles. The van der Waals surface area contributed by atoms with E-state index in [0.29, 0.717) is 61.5 Å². The highest BCUT2D eigenvalue weighted by Gasteiger charge is 2.23. The van der Waals surface area contributed by atoms with Crippen LogP contribution in [0.4, 0.5) is 10.1 Å². The van der Waals surface area contributed by atoms with Gasteiger partial charge in [-0.2, -0.15) is 0 Å². The van der Waals surface area contributed by atoms with Gasteiger partial charge in [-0.05, 0) is 42.0 Å². The summed E-state index contributed by atoms with van der Waals surface area (Å²) in [5.74, 6) is -0.0760. The van der Waals surface area contributed by atoms with Crippen molar-refractivity contribution in [2.45, 2.75) is 6.42 Å². The van der Waals surface area contributed by atoms with Crippen LogP contribution in [-0.4, -0.2) is 62.8 Å². The number of nitrogens with zero attached hydrogens (tertiary/aromatic N) is 2. The molecule has 0 aromatic heterocycles. The molecule has 2 aromatic rings. The van der Waals surface area contributed by atoms with Crippen molar-refractivity contribution in [2.75, 3.05) is 50.9 Å². The maximum Gasteiger partial charge on any atom is 0.310 e. The highest BCUT2D eigenvalue weighted by Crippen LogP contribution is 2.38. The fourth-order valence-corrected chi connectivity index (χ4v) is 3.87. The molecule has 0 aliphatic carbocycles. The van der Waals surface area contributed by atoms with E-state index in [2.05, 4.69) is 4.90 Å². The predicted molar refractivity (Wildman–Crippen MR) is 112 cm³/mol. The standard InChI is InChI=1S/C22H22ClFN2O5/c23-18-11-15(12-19-22(18)30-10-9-29-19)13-21(28)31-14-20(27)26-7-5-25(6-8-26)17-3-1-16(24)2-4-17/h1-4,11-12H,5-10,13-14H2. The quantitative estimate of drug-likeness (QED) is 0.655. The van der Waals surface area contributed by atoms with Crippen LogP contribution in [0.15, 0.2) is 36.4 Å². The Bertz CT molecular complexity index is 961. The minimum atomic E-state index is -0.522. The van der Waals surface area contributed by atoms with E-state index in [1.165, 1.54) is 12.1 Å². The Kier molecular flexibility index (Phi) is 6.46. The number of amides is 1. The molecule has 31 heavy (non-hydrogen) atoms. The monoisotopic (exact) mass is 448 g/mol. The molecule has 2 heterocycles. The normalized spacial score (nSPS) is 15.5. The molecule has 9 heteroatoms. The van der Waals surface area contributed by atoms with Crippen molar-refractivity contribution in [1.82, 2.24) is 4.90 Å². The number of benzene rings is 2. The summed E-state index contributed by atoms with van der Waals surface area (Å²) >= 11 is 6.18. The summed E-state index contributed by atoms with van der Waals surface area (Å²) in [4.78, 5) is 28.4. The van der Waals surface area contributed by atoms with Gasteiger partial charge in [-0.1, -0.05) is 11.6 Å². The minimum Gasteiger partial charge on any atom is -0.486 e. The Hall–Kier alpha value is -3.00. The van der Waals surface area contributed by atoms with Crippen molar-refractivity contribution in [1.29, 1.82) is 0 Å². The maximum atomic E-state index is 13.1. The van der Waals surface area contributed by atoms with E-state index in [0.717, 1.165) is 5.69 Å². The van der Waals surface area contributed by atoms with Crippen LogP contribution in [0, 0.1) is 5.82 Å². The number of esters is 1. The fourth-order valence-electron chi connectivity index (χ4n) is 3.58. The summed E-state index contributed by atoms with van der Waals surface area (Å²) in [5, 5.41) is 0.370. The van der Waals surface area contributed by atoms with Crippen molar-refractivity contribution in [2.24, 2.45) is 0 Å². The van der Waals surface area contributed by atoms with Gasteiger partial charge in [0, 0.05) is 31.9 Å². The number of rotatable bonds is 5. The van der Waals surface area contributed by atoms with Crippen molar-refractivity contribution in [3.63, 3.8) is 0 Å². The second kappa shape index (κ2) is 9.43. The Labute approximate surface area is 184 Å². The number of hydrogen-bond acceptors (Lipinski definition) is 6. The molecule has 1 fully saturated rings. The van der Waals surface area contributed by atoms with Crippen LogP contribution < -0.4 is 14.4 Å². The average molecular weight is 449 g/mol. The maximum absolute atomic E-state index is 13.1. The molecule has 0 unspecified atom stereocenters. The minimum absolute atomic E-state index is 0.0258. The second-order valence-corrected chi connectivity index (χ2v) is 7.69. The first-order chi connectivity index (χ1) is 15.0. The molecule has 7 nitrogen and oxygen atoms in total. The van der Waals surface area contributed by atoms with Gasteiger partial charge in [0.25, 0.3) is 5.91 Å². The summed E-state index contributed by atoms with van der Waals surface area (Å²) in [5.41, 5.74) is 1.54. The zero-order valence-electron chi connectivity index (χ0n) is 16.8. The Morgan fingerprint density at radius 2 is 1.74 bits per heavy atom. The molecule has 2 aliphatic heterocycles. The molecule has 2 aliphatic rings. The topological polar surface area (TPSA) is 68.3 Å². The van der Waals surface area contributed by atoms with E-state index in [-0.39, 0.29) is 24.8 Å². The summed E-state index contributed by atoms with van der Waals surface area (Å²) in [6, 6.07) is 9.60. The lowest BCUT2D eigenvalue weighted by Crippen LogP contribution is -2.50. The Morgan fingerprint density at radius 1 is 1.03 bits per heavy atom. The lowest BCUT2D eigenvalue weighted by Gasteiger charge is -2.36. The van der Waals surface area contributed by atoms with Gasteiger partial charge in [0.05, 0.1) is 11.4 Å². The van der Waals surface area contributed by atoms with Crippen molar-refractivity contribution >= 4 is 29.2 Å². The molecule has 0 radical (unpaired) electrons. The summed E-state index contributed by atoms with van der Waals surface area (Å²) in [7, 11) is 0. The predicted octanol–water partition coefficient (Wildman–Crippen LogP) is 2.68. The van der Waals surface area contributed by atoms with Gasteiger partial charge >= 0.3 is 5.97 Å². The van der Waals surface area contributed by atoms with Gasteiger partial charge in [0.1, 0.15) is 19.0 Å². The zero-order valence-corrected chi connectivity index (χ0v) is 17.6. The highest BCUT2D eigenvalue weighted by molar-refractivity contribution is 6.32. The van der Waals surface area contributed by atoms with Gasteiger partial charge in [0.2, 0.25) is 0 Å². The smallest absolute Gasteiger partial charge is 0.310 e. The van der Waals surface area contributed by atoms with E-state index in [1.807, 2.05) is 0 Å². The summed E-state index contributed by atoms with van der Waals surface area (Å²) in [6.45, 7) is 2.79. The number of anilines is 1. The molecule has 1 saturated heterocycles. The number of hydrogen-bond donors (Lipinski definition) is 0. The third-order valence-electron chi connectivity index (χ3n) is 5.19. The molecular weight excluding hydrogens is 427 g/mol. The largest absolute Gasteiger partial charge is 0.486 e. The number of carbonyl (C=O) groups is 2. The number of ether oxygens (including phenoxy) is 3. The molecular formula is C22H22ClFN2O5. The first-order valence-corrected chi connectivity index (χ1v) is 10.4. The molecule has 0 atom stereocenters. The number of piperazine rings is 1. The van der Waals surface area contributed by atoms with E-state index in [1.54, 1.807) is 29.2 Å². The van der Waals surface area contributed by atoms with Gasteiger partial charge in [-0.25, -0.2) is 4.39 Å². The Morgan fingerprint density at radius 3 is 2.48 bits per heavy atom. The number of carbonyl (C=O) groups excluding carboxylic acids is 2. The van der Waals surface area contributed by atoms with E-state index >= 15 is 0 Å². The molecule has 0 spiro atoms. The van der Waals surface area contributed by atoms with E-state index < -0.39 is 5.97 Å².